The van der Waals surface area contributed by atoms with Crippen molar-refractivity contribution < 1.29 is 0 Å². The van der Waals surface area contributed by atoms with Gasteiger partial charge >= 0.3 is 0 Å². The van der Waals surface area contributed by atoms with Gasteiger partial charge in [-0.15, -0.1) is 11.3 Å². The molecule has 3 heterocycles. The topological polar surface area (TPSA) is 50.7 Å². The molecule has 0 aliphatic rings. The quantitative estimate of drug-likeness (QED) is 0.584. The molecule has 0 aliphatic heterocycles. The number of aromatic amines is 1. The van der Waals surface area contributed by atoms with Crippen LogP contribution in [-0.4, -0.2) is 14.8 Å². The molecule has 0 radical (unpaired) electrons. The molecule has 0 unspecified atom stereocenters. The Labute approximate surface area is 141 Å². The van der Waals surface area contributed by atoms with Crippen LogP contribution in [0.1, 0.15) is 17.5 Å². The molecule has 4 rings (SSSR count). The minimum atomic E-state index is -0.0847. The van der Waals surface area contributed by atoms with Crippen LogP contribution in [0.2, 0.25) is 5.02 Å². The number of halogens is 1. The lowest BCUT2D eigenvalue weighted by Crippen LogP contribution is -2.14. The molecule has 1 aromatic carbocycles. The number of pyridine rings is 1. The second kappa shape index (κ2) is 5.22. The Hall–Kier alpha value is -2.11. The summed E-state index contributed by atoms with van der Waals surface area (Å²) in [6.45, 7) is 4.00. The van der Waals surface area contributed by atoms with Crippen LogP contribution in [0.5, 0.6) is 0 Å². The number of nitrogens with one attached hydrogen (secondary N) is 1. The summed E-state index contributed by atoms with van der Waals surface area (Å²) < 4.78 is 1.55. The van der Waals surface area contributed by atoms with E-state index in [9.17, 15) is 4.79 Å². The van der Waals surface area contributed by atoms with Crippen molar-refractivity contribution in [3.63, 3.8) is 0 Å². The van der Waals surface area contributed by atoms with E-state index < -0.39 is 0 Å². The van der Waals surface area contributed by atoms with Gasteiger partial charge in [0.25, 0.3) is 5.56 Å². The van der Waals surface area contributed by atoms with Gasteiger partial charge < -0.3 is 0 Å². The van der Waals surface area contributed by atoms with Crippen molar-refractivity contribution in [1.29, 1.82) is 0 Å². The fourth-order valence-electron chi connectivity index (χ4n) is 2.82. The van der Waals surface area contributed by atoms with Crippen molar-refractivity contribution in [2.75, 3.05) is 0 Å². The van der Waals surface area contributed by atoms with Crippen LogP contribution in [0.25, 0.3) is 26.8 Å². The van der Waals surface area contributed by atoms with Gasteiger partial charge in [0, 0.05) is 15.3 Å². The summed E-state index contributed by atoms with van der Waals surface area (Å²) in [5.74, 6) is 0. The standard InChI is InChI=1S/C17H14ClN3OS/c1-3-12-8-13-15-14(9(2)19-16(13)23-12)17(22)21(20-15)11-6-4-10(18)5-7-11/h4-8,20H,3H2,1-2H3. The smallest absolute Gasteiger partial charge is 0.280 e. The first-order valence-corrected chi connectivity index (χ1v) is 8.57. The van der Waals surface area contributed by atoms with E-state index in [1.165, 1.54) is 4.88 Å². The van der Waals surface area contributed by atoms with E-state index in [0.29, 0.717) is 10.4 Å². The normalized spacial score (nSPS) is 11.6. The van der Waals surface area contributed by atoms with Gasteiger partial charge in [-0.05, 0) is 43.7 Å². The first-order chi connectivity index (χ1) is 11.1. The van der Waals surface area contributed by atoms with Crippen molar-refractivity contribution in [2.45, 2.75) is 20.3 Å². The van der Waals surface area contributed by atoms with Gasteiger partial charge in [0.05, 0.1) is 22.3 Å². The molecule has 0 amide bonds. The number of aryl methyl sites for hydroxylation is 2. The summed E-state index contributed by atoms with van der Waals surface area (Å²) in [7, 11) is 0. The third-order valence-electron chi connectivity index (χ3n) is 3.99. The van der Waals surface area contributed by atoms with Crippen molar-refractivity contribution >= 4 is 44.1 Å². The Kier molecular flexibility index (Phi) is 3.28. The lowest BCUT2D eigenvalue weighted by Gasteiger charge is -2.00. The van der Waals surface area contributed by atoms with Crippen LogP contribution in [0, 0.1) is 6.92 Å². The average Bonchev–Trinajstić information content (AvgIpc) is 3.09. The van der Waals surface area contributed by atoms with Gasteiger partial charge in [0.15, 0.2) is 0 Å². The second-order valence-corrected chi connectivity index (χ2v) is 7.01. The van der Waals surface area contributed by atoms with E-state index in [2.05, 4.69) is 23.1 Å². The maximum atomic E-state index is 12.8. The zero-order valence-electron chi connectivity index (χ0n) is 12.7. The van der Waals surface area contributed by atoms with Crippen LogP contribution in [0.15, 0.2) is 35.1 Å². The molecule has 0 atom stereocenters. The molecule has 0 spiro atoms. The number of hydrogen-bond donors (Lipinski definition) is 1. The summed E-state index contributed by atoms with van der Waals surface area (Å²) >= 11 is 7.61. The highest BCUT2D eigenvalue weighted by Crippen LogP contribution is 2.30. The number of benzene rings is 1. The van der Waals surface area contributed by atoms with E-state index in [0.717, 1.165) is 33.5 Å². The van der Waals surface area contributed by atoms with Crippen LogP contribution < -0.4 is 5.56 Å². The van der Waals surface area contributed by atoms with Crippen molar-refractivity contribution in [3.05, 3.63) is 56.3 Å². The number of rotatable bonds is 2. The lowest BCUT2D eigenvalue weighted by molar-refractivity contribution is 0.864. The Morgan fingerprint density at radius 3 is 2.74 bits per heavy atom. The monoisotopic (exact) mass is 343 g/mol. The molecule has 116 valence electrons. The molecule has 0 bridgehead atoms. The van der Waals surface area contributed by atoms with Crippen LogP contribution in [0.4, 0.5) is 0 Å². The van der Waals surface area contributed by atoms with Crippen LogP contribution in [-0.2, 0) is 6.42 Å². The molecule has 23 heavy (non-hydrogen) atoms. The number of fused-ring (bicyclic) bond motifs is 3. The fraction of sp³-hybridized carbons (Fsp3) is 0.176. The third kappa shape index (κ3) is 2.19. The van der Waals surface area contributed by atoms with Gasteiger partial charge in [-0.1, -0.05) is 18.5 Å². The molecule has 1 N–H and O–H groups in total. The minimum absolute atomic E-state index is 0.0847. The minimum Gasteiger partial charge on any atom is -0.289 e. The average molecular weight is 344 g/mol. The Bertz CT molecular complexity index is 1090. The molecule has 0 fully saturated rings. The molecule has 0 saturated heterocycles. The Morgan fingerprint density at radius 2 is 2.04 bits per heavy atom. The van der Waals surface area contributed by atoms with Crippen molar-refractivity contribution in [1.82, 2.24) is 14.8 Å². The molecule has 0 saturated carbocycles. The number of nitrogens with zero attached hydrogens (tertiary/aromatic N) is 2. The van der Waals surface area contributed by atoms with E-state index in [-0.39, 0.29) is 5.56 Å². The molecule has 6 heteroatoms. The maximum absolute atomic E-state index is 12.8. The number of aromatic nitrogens is 3. The third-order valence-corrected chi connectivity index (χ3v) is 5.41. The summed E-state index contributed by atoms with van der Waals surface area (Å²) in [6.07, 6.45) is 0.962. The van der Waals surface area contributed by atoms with Crippen LogP contribution >= 0.6 is 22.9 Å². The first-order valence-electron chi connectivity index (χ1n) is 7.38. The van der Waals surface area contributed by atoms with Gasteiger partial charge in [0.1, 0.15) is 4.83 Å². The van der Waals surface area contributed by atoms with E-state index in [1.54, 1.807) is 28.2 Å². The molecular formula is C17H14ClN3OS. The highest BCUT2D eigenvalue weighted by molar-refractivity contribution is 7.18. The van der Waals surface area contributed by atoms with Gasteiger partial charge in [-0.2, -0.15) is 0 Å². The summed E-state index contributed by atoms with van der Waals surface area (Å²) in [4.78, 5) is 19.7. The predicted octanol–water partition coefficient (Wildman–Crippen LogP) is 4.45. The lowest BCUT2D eigenvalue weighted by atomic mass is 10.2. The van der Waals surface area contributed by atoms with Crippen molar-refractivity contribution in [2.24, 2.45) is 0 Å². The van der Waals surface area contributed by atoms with Crippen LogP contribution in [0.3, 0.4) is 0 Å². The highest BCUT2D eigenvalue weighted by Gasteiger charge is 2.16. The highest BCUT2D eigenvalue weighted by atomic mass is 35.5. The SMILES string of the molecule is CCc1cc2c(nc(C)c3c(=O)n(-c4ccc(Cl)cc4)[nH]c32)s1. The summed E-state index contributed by atoms with van der Waals surface area (Å²) in [6, 6.07) is 9.32. The maximum Gasteiger partial charge on any atom is 0.280 e. The zero-order valence-corrected chi connectivity index (χ0v) is 14.3. The van der Waals surface area contributed by atoms with Gasteiger partial charge in [-0.3, -0.25) is 9.89 Å². The molecule has 4 nitrogen and oxygen atoms in total. The number of thiophene rings is 1. The Balaban J connectivity index is 2.08. The van der Waals surface area contributed by atoms with Gasteiger partial charge in [-0.25, -0.2) is 9.67 Å². The number of hydrogen-bond acceptors (Lipinski definition) is 3. The molecule has 3 aromatic heterocycles. The zero-order chi connectivity index (χ0) is 16.1. The van der Waals surface area contributed by atoms with E-state index in [1.807, 2.05) is 19.1 Å². The van der Waals surface area contributed by atoms with E-state index >= 15 is 0 Å². The molecule has 0 aliphatic carbocycles. The van der Waals surface area contributed by atoms with Gasteiger partial charge in [0.2, 0.25) is 0 Å². The summed E-state index contributed by atoms with van der Waals surface area (Å²) in [5, 5.41) is 5.55. The second-order valence-electron chi connectivity index (χ2n) is 5.46. The molecule has 4 aromatic rings. The number of H-pyrrole nitrogens is 1. The predicted molar refractivity (Wildman–Crippen MR) is 96.2 cm³/mol. The fourth-order valence-corrected chi connectivity index (χ4v) is 3.96. The first kappa shape index (κ1) is 14.5. The Morgan fingerprint density at radius 1 is 1.30 bits per heavy atom. The largest absolute Gasteiger partial charge is 0.289 e. The molecular weight excluding hydrogens is 330 g/mol. The van der Waals surface area contributed by atoms with E-state index in [4.69, 9.17) is 11.6 Å². The summed E-state index contributed by atoms with van der Waals surface area (Å²) in [5.41, 5.74) is 2.28. The van der Waals surface area contributed by atoms with Crippen molar-refractivity contribution in [3.8, 4) is 5.69 Å².